The average Bonchev–Trinajstić information content (AvgIpc) is 3.35. The van der Waals surface area contributed by atoms with Gasteiger partial charge in [-0.3, -0.25) is 14.9 Å². The molecule has 4 rings (SSSR count). The van der Waals surface area contributed by atoms with Gasteiger partial charge in [0.25, 0.3) is 5.69 Å². The number of rotatable bonds is 5. The summed E-state index contributed by atoms with van der Waals surface area (Å²) in [6.07, 6.45) is 1.60. The molecule has 150 valence electrons. The fourth-order valence-electron chi connectivity index (χ4n) is 2.64. The second-order valence-corrected chi connectivity index (χ2v) is 8.84. The molecule has 1 aliphatic heterocycles. The van der Waals surface area contributed by atoms with Crippen LogP contribution in [0.3, 0.4) is 0 Å². The van der Waals surface area contributed by atoms with E-state index in [0.717, 1.165) is 17.3 Å². The van der Waals surface area contributed by atoms with Gasteiger partial charge in [-0.1, -0.05) is 35.5 Å². The van der Waals surface area contributed by atoms with E-state index in [0.29, 0.717) is 37.9 Å². The van der Waals surface area contributed by atoms with E-state index >= 15 is 0 Å². The molecule has 9 heteroatoms. The summed E-state index contributed by atoms with van der Waals surface area (Å²) in [5.74, 6) is 1.73. The van der Waals surface area contributed by atoms with E-state index in [4.69, 9.17) is 16.0 Å². The molecule has 2 heterocycles. The molecule has 0 amide bonds. The van der Waals surface area contributed by atoms with Crippen LogP contribution in [0.25, 0.3) is 17.4 Å². The molecule has 0 aliphatic carbocycles. The molecule has 0 saturated carbocycles. The standard InChI is InChI=1S/C21H13ClN2O4S2/c22-15-5-1-13(2-6-15)12-29-21-23-18(20(25)30-21)11-17-9-10-19(28-17)14-3-7-16(8-4-14)24(26)27/h1-11H,12H2. The van der Waals surface area contributed by atoms with E-state index < -0.39 is 4.92 Å². The van der Waals surface area contributed by atoms with E-state index in [1.807, 2.05) is 24.3 Å². The summed E-state index contributed by atoms with van der Waals surface area (Å²) in [6, 6.07) is 17.1. The molecule has 1 aromatic heterocycles. The number of carbonyl (C=O) groups excluding carboxylic acids is 1. The van der Waals surface area contributed by atoms with Crippen LogP contribution in [0.15, 0.2) is 75.8 Å². The summed E-state index contributed by atoms with van der Waals surface area (Å²) >= 11 is 8.48. The number of nitro benzene ring substituents is 1. The van der Waals surface area contributed by atoms with Gasteiger partial charge >= 0.3 is 0 Å². The summed E-state index contributed by atoms with van der Waals surface area (Å²) in [6.45, 7) is 0. The molecule has 0 unspecified atom stereocenters. The number of halogens is 1. The number of hydrogen-bond donors (Lipinski definition) is 0. The summed E-state index contributed by atoms with van der Waals surface area (Å²) in [7, 11) is 0. The van der Waals surface area contributed by atoms with Crippen LogP contribution >= 0.6 is 35.1 Å². The van der Waals surface area contributed by atoms with Gasteiger partial charge in [-0.05, 0) is 53.7 Å². The molecule has 0 N–H and O–H groups in total. The summed E-state index contributed by atoms with van der Waals surface area (Å²) in [5, 5.41) is 11.3. The molecule has 3 aromatic rings. The first-order chi connectivity index (χ1) is 14.5. The monoisotopic (exact) mass is 456 g/mol. The van der Waals surface area contributed by atoms with Crippen LogP contribution < -0.4 is 0 Å². The minimum Gasteiger partial charge on any atom is -0.457 e. The Labute approximate surface area is 185 Å². The number of carbonyl (C=O) groups is 1. The average molecular weight is 457 g/mol. The van der Waals surface area contributed by atoms with Crippen molar-refractivity contribution >= 4 is 56.4 Å². The minimum absolute atomic E-state index is 0.0131. The lowest BCUT2D eigenvalue weighted by atomic mass is 10.1. The van der Waals surface area contributed by atoms with Crippen molar-refractivity contribution in [2.75, 3.05) is 0 Å². The fraction of sp³-hybridized carbons (Fsp3) is 0.0476. The molecule has 0 fully saturated rings. The van der Waals surface area contributed by atoms with Gasteiger partial charge in [0.1, 0.15) is 21.6 Å². The number of thioether (sulfide) groups is 2. The first-order valence-electron chi connectivity index (χ1n) is 8.72. The van der Waals surface area contributed by atoms with Gasteiger partial charge in [0, 0.05) is 34.5 Å². The van der Waals surface area contributed by atoms with Crippen molar-refractivity contribution in [1.82, 2.24) is 0 Å². The molecular weight excluding hydrogens is 444 g/mol. The zero-order valence-corrected chi connectivity index (χ0v) is 17.7. The molecular formula is C21H13ClN2O4S2. The fourth-order valence-corrected chi connectivity index (χ4v) is 4.57. The predicted octanol–water partition coefficient (Wildman–Crippen LogP) is 6.41. The summed E-state index contributed by atoms with van der Waals surface area (Å²) in [4.78, 5) is 27.0. The van der Waals surface area contributed by atoms with Gasteiger partial charge in [-0.2, -0.15) is 0 Å². The Kier molecular flexibility index (Phi) is 6.08. The third-order valence-corrected chi connectivity index (χ3v) is 6.48. The van der Waals surface area contributed by atoms with E-state index in [-0.39, 0.29) is 10.8 Å². The van der Waals surface area contributed by atoms with Crippen LogP contribution in [-0.2, 0) is 10.5 Å². The van der Waals surface area contributed by atoms with Gasteiger partial charge < -0.3 is 4.42 Å². The van der Waals surface area contributed by atoms with Crippen molar-refractivity contribution in [3.63, 3.8) is 0 Å². The van der Waals surface area contributed by atoms with Crippen LogP contribution in [0.2, 0.25) is 5.02 Å². The first-order valence-corrected chi connectivity index (χ1v) is 10.9. The Balaban J connectivity index is 1.45. The van der Waals surface area contributed by atoms with Crippen molar-refractivity contribution in [3.05, 3.63) is 92.8 Å². The molecule has 0 saturated heterocycles. The molecule has 1 aliphatic rings. The van der Waals surface area contributed by atoms with Crippen LogP contribution in [0.1, 0.15) is 11.3 Å². The quantitative estimate of drug-likeness (QED) is 0.250. The van der Waals surface area contributed by atoms with E-state index in [2.05, 4.69) is 4.99 Å². The van der Waals surface area contributed by atoms with Crippen LogP contribution in [-0.4, -0.2) is 14.4 Å². The number of benzene rings is 2. The second-order valence-electron chi connectivity index (χ2n) is 6.22. The molecule has 6 nitrogen and oxygen atoms in total. The van der Waals surface area contributed by atoms with Crippen molar-refractivity contribution in [2.24, 2.45) is 4.99 Å². The Bertz CT molecular complexity index is 1170. The lowest BCUT2D eigenvalue weighted by Gasteiger charge is -1.99. The Hall–Kier alpha value is -2.81. The highest BCUT2D eigenvalue weighted by Gasteiger charge is 2.23. The zero-order chi connectivity index (χ0) is 21.1. The number of non-ortho nitro benzene ring substituents is 1. The third-order valence-electron chi connectivity index (χ3n) is 4.14. The molecule has 0 atom stereocenters. The Morgan fingerprint density at radius 2 is 1.83 bits per heavy atom. The smallest absolute Gasteiger partial charge is 0.269 e. The maximum Gasteiger partial charge on any atom is 0.269 e. The van der Waals surface area contributed by atoms with Crippen molar-refractivity contribution in [1.29, 1.82) is 0 Å². The van der Waals surface area contributed by atoms with Gasteiger partial charge in [0.05, 0.1) is 4.92 Å². The van der Waals surface area contributed by atoms with Crippen molar-refractivity contribution in [2.45, 2.75) is 5.75 Å². The molecule has 0 spiro atoms. The molecule has 30 heavy (non-hydrogen) atoms. The number of aliphatic imine (C=N–C) groups is 1. The maximum atomic E-state index is 12.3. The van der Waals surface area contributed by atoms with Gasteiger partial charge in [-0.25, -0.2) is 4.99 Å². The highest BCUT2D eigenvalue weighted by atomic mass is 35.5. The SMILES string of the molecule is O=C1SC(SCc2ccc(Cl)cc2)=NC1=Cc1ccc(-c2ccc([N+](=O)[O-])cc2)o1. The zero-order valence-electron chi connectivity index (χ0n) is 15.3. The Morgan fingerprint density at radius 1 is 1.10 bits per heavy atom. The summed E-state index contributed by atoms with van der Waals surface area (Å²) < 4.78 is 6.44. The molecule has 0 radical (unpaired) electrons. The predicted molar refractivity (Wildman–Crippen MR) is 122 cm³/mol. The van der Waals surface area contributed by atoms with Crippen molar-refractivity contribution < 1.29 is 14.1 Å². The maximum absolute atomic E-state index is 12.3. The number of hydrogen-bond acceptors (Lipinski definition) is 7. The number of nitro groups is 1. The van der Waals surface area contributed by atoms with Gasteiger partial charge in [0.15, 0.2) is 0 Å². The minimum atomic E-state index is -0.453. The first kappa shape index (κ1) is 20.5. The molecule has 0 bridgehead atoms. The van der Waals surface area contributed by atoms with E-state index in [1.165, 1.54) is 23.9 Å². The lowest BCUT2D eigenvalue weighted by Crippen LogP contribution is -1.88. The second kappa shape index (κ2) is 8.91. The third kappa shape index (κ3) is 4.84. The number of furan rings is 1. The topological polar surface area (TPSA) is 85.7 Å². The van der Waals surface area contributed by atoms with Gasteiger partial charge in [-0.15, -0.1) is 0 Å². The van der Waals surface area contributed by atoms with Crippen LogP contribution in [0.4, 0.5) is 5.69 Å². The van der Waals surface area contributed by atoms with Crippen molar-refractivity contribution in [3.8, 4) is 11.3 Å². The highest BCUT2D eigenvalue weighted by Crippen LogP contribution is 2.33. The molecule has 2 aromatic carbocycles. The summed E-state index contributed by atoms with van der Waals surface area (Å²) in [5.41, 5.74) is 2.14. The number of nitrogens with zero attached hydrogens (tertiary/aromatic N) is 2. The highest BCUT2D eigenvalue weighted by molar-refractivity contribution is 8.45. The lowest BCUT2D eigenvalue weighted by molar-refractivity contribution is -0.384. The largest absolute Gasteiger partial charge is 0.457 e. The van der Waals surface area contributed by atoms with Gasteiger partial charge in [0.2, 0.25) is 5.12 Å². The Morgan fingerprint density at radius 3 is 2.53 bits per heavy atom. The van der Waals surface area contributed by atoms with E-state index in [9.17, 15) is 14.9 Å². The van der Waals surface area contributed by atoms with E-state index in [1.54, 1.807) is 30.3 Å². The van der Waals surface area contributed by atoms with Crippen LogP contribution in [0, 0.1) is 10.1 Å². The van der Waals surface area contributed by atoms with Crippen LogP contribution in [0.5, 0.6) is 0 Å². The normalized spacial score (nSPS) is 14.9.